The molecule has 5 heteroatoms. The molecule has 3 rings (SSSR count). The van der Waals surface area contributed by atoms with Crippen LogP contribution in [0.5, 0.6) is 0 Å². The van der Waals surface area contributed by atoms with Gasteiger partial charge in [-0.3, -0.25) is 14.4 Å². The maximum Gasteiger partial charge on any atom is 0.246 e. The van der Waals surface area contributed by atoms with E-state index in [9.17, 15) is 14.4 Å². The van der Waals surface area contributed by atoms with Crippen LogP contribution in [0.15, 0.2) is 60.7 Å². The molecule has 0 N–H and O–H groups in total. The van der Waals surface area contributed by atoms with Crippen molar-refractivity contribution in [2.45, 2.75) is 39.5 Å². The number of hydrogen-bond donors (Lipinski definition) is 0. The number of para-hydroxylation sites is 1. The lowest BCUT2D eigenvalue weighted by Gasteiger charge is -2.26. The van der Waals surface area contributed by atoms with Crippen LogP contribution in [0.1, 0.15) is 43.7 Å². The highest BCUT2D eigenvalue weighted by molar-refractivity contribution is 6.00. The van der Waals surface area contributed by atoms with Gasteiger partial charge in [-0.1, -0.05) is 54.4 Å². The Hall–Kier alpha value is -3.21. The van der Waals surface area contributed by atoms with Crippen LogP contribution < -0.4 is 4.90 Å². The van der Waals surface area contributed by atoms with Crippen LogP contribution in [0.3, 0.4) is 0 Å². The fraction of sp³-hybridized carbons (Fsp3) is 0.370. The molecule has 1 unspecified atom stereocenters. The molecule has 0 spiro atoms. The van der Waals surface area contributed by atoms with Crippen molar-refractivity contribution in [1.82, 2.24) is 4.90 Å². The van der Waals surface area contributed by atoms with Crippen molar-refractivity contribution in [2.75, 3.05) is 25.0 Å². The van der Waals surface area contributed by atoms with Crippen LogP contribution in [0.25, 0.3) is 5.57 Å². The number of nitrogens with zero attached hydrogens (tertiary/aromatic N) is 2. The predicted octanol–water partition coefficient (Wildman–Crippen LogP) is 4.65. The van der Waals surface area contributed by atoms with Crippen LogP contribution in [-0.2, 0) is 14.4 Å². The van der Waals surface area contributed by atoms with Crippen molar-refractivity contribution in [3.8, 4) is 0 Å². The topological polar surface area (TPSA) is 57.7 Å². The van der Waals surface area contributed by atoms with E-state index in [4.69, 9.17) is 0 Å². The monoisotopic (exact) mass is 432 g/mol. The third-order valence-electron chi connectivity index (χ3n) is 6.07. The molecule has 168 valence electrons. The second kappa shape index (κ2) is 10.9. The van der Waals surface area contributed by atoms with Crippen molar-refractivity contribution >= 4 is 28.9 Å². The van der Waals surface area contributed by atoms with Crippen molar-refractivity contribution < 1.29 is 14.4 Å². The number of hydrogen-bond acceptors (Lipinski definition) is 3. The van der Waals surface area contributed by atoms with Gasteiger partial charge in [0.15, 0.2) is 5.78 Å². The van der Waals surface area contributed by atoms with Crippen LogP contribution in [0.4, 0.5) is 5.69 Å². The lowest BCUT2D eigenvalue weighted by molar-refractivity contribution is -0.139. The summed E-state index contributed by atoms with van der Waals surface area (Å²) in [5.74, 6) is -0.642. The van der Waals surface area contributed by atoms with E-state index in [0.29, 0.717) is 13.0 Å². The van der Waals surface area contributed by atoms with E-state index in [-0.39, 0.29) is 36.5 Å². The summed E-state index contributed by atoms with van der Waals surface area (Å²) in [6, 6.07) is 17.4. The Kier molecular flexibility index (Phi) is 7.98. The Morgan fingerprint density at radius 3 is 2.44 bits per heavy atom. The van der Waals surface area contributed by atoms with E-state index >= 15 is 0 Å². The number of rotatable bonds is 7. The lowest BCUT2D eigenvalue weighted by atomic mass is 9.94. The molecule has 2 aromatic rings. The number of allylic oxidation sites excluding steroid dienone is 2. The second-order valence-electron chi connectivity index (χ2n) is 8.60. The minimum Gasteiger partial charge on any atom is -0.333 e. The van der Waals surface area contributed by atoms with Gasteiger partial charge in [0, 0.05) is 31.6 Å². The molecular weight excluding hydrogens is 400 g/mol. The molecule has 1 fully saturated rings. The number of aryl methyl sites for hydroxylation is 1. The summed E-state index contributed by atoms with van der Waals surface area (Å²) in [6.07, 6.45) is 4.23. The van der Waals surface area contributed by atoms with E-state index in [0.717, 1.165) is 29.7 Å². The number of likely N-dealkylation sites (N-methyl/N-ethyl adjacent to an activating group) is 1. The number of likely N-dealkylation sites (tertiary alicyclic amines) is 1. The molecule has 0 radical (unpaired) electrons. The molecule has 0 saturated carbocycles. The molecule has 2 amide bonds. The van der Waals surface area contributed by atoms with Gasteiger partial charge in [-0.15, -0.1) is 0 Å². The maximum absolute atomic E-state index is 13.2. The van der Waals surface area contributed by atoms with Crippen LogP contribution in [0.2, 0.25) is 0 Å². The lowest BCUT2D eigenvalue weighted by Crippen LogP contribution is -2.43. The average molecular weight is 433 g/mol. The highest BCUT2D eigenvalue weighted by atomic mass is 16.2. The van der Waals surface area contributed by atoms with Crippen molar-refractivity contribution in [1.29, 1.82) is 0 Å². The molecule has 1 aliphatic rings. The first-order valence-electron chi connectivity index (χ1n) is 11.2. The summed E-state index contributed by atoms with van der Waals surface area (Å²) in [4.78, 5) is 41.9. The van der Waals surface area contributed by atoms with E-state index in [1.54, 1.807) is 22.9 Å². The van der Waals surface area contributed by atoms with E-state index in [1.165, 1.54) is 5.56 Å². The van der Waals surface area contributed by atoms with E-state index in [1.807, 2.05) is 68.4 Å². The van der Waals surface area contributed by atoms with Gasteiger partial charge in [0.25, 0.3) is 0 Å². The zero-order valence-corrected chi connectivity index (χ0v) is 19.2. The molecule has 1 atom stereocenters. The maximum atomic E-state index is 13.2. The van der Waals surface area contributed by atoms with Crippen LogP contribution in [0, 0.1) is 12.8 Å². The SMILES string of the molecule is C/C(=C\C(=O)CC1CCCCN(CC(=O)N(C)c2ccccc2)C1=O)c1ccc(C)cc1. The Labute approximate surface area is 190 Å². The molecule has 2 aromatic carbocycles. The Morgan fingerprint density at radius 2 is 1.75 bits per heavy atom. The zero-order valence-electron chi connectivity index (χ0n) is 19.2. The van der Waals surface area contributed by atoms with Crippen molar-refractivity contribution in [2.24, 2.45) is 5.92 Å². The van der Waals surface area contributed by atoms with E-state index in [2.05, 4.69) is 0 Å². The third-order valence-corrected chi connectivity index (χ3v) is 6.07. The normalized spacial score (nSPS) is 17.1. The molecule has 1 saturated heterocycles. The molecule has 1 heterocycles. The highest BCUT2D eigenvalue weighted by Crippen LogP contribution is 2.23. The molecular formula is C27H32N2O3. The van der Waals surface area contributed by atoms with E-state index < -0.39 is 0 Å². The molecule has 0 aliphatic carbocycles. The summed E-state index contributed by atoms with van der Waals surface area (Å²) >= 11 is 0. The van der Waals surface area contributed by atoms with Gasteiger partial charge in [0.1, 0.15) is 6.54 Å². The summed E-state index contributed by atoms with van der Waals surface area (Å²) in [6.45, 7) is 4.53. The quantitative estimate of drug-likeness (QED) is 0.599. The first-order chi connectivity index (χ1) is 15.3. The number of ketones is 1. The van der Waals surface area contributed by atoms with Crippen LogP contribution >= 0.6 is 0 Å². The first kappa shape index (κ1) is 23.5. The van der Waals surface area contributed by atoms with Gasteiger partial charge >= 0.3 is 0 Å². The first-order valence-corrected chi connectivity index (χ1v) is 11.2. The Morgan fingerprint density at radius 1 is 1.06 bits per heavy atom. The number of benzene rings is 2. The molecule has 0 bridgehead atoms. The van der Waals surface area contributed by atoms with Gasteiger partial charge in [0.05, 0.1) is 0 Å². The summed E-state index contributed by atoms with van der Waals surface area (Å²) in [5.41, 5.74) is 3.87. The largest absolute Gasteiger partial charge is 0.333 e. The number of amides is 2. The summed E-state index contributed by atoms with van der Waals surface area (Å²) in [5, 5.41) is 0. The summed E-state index contributed by atoms with van der Waals surface area (Å²) < 4.78 is 0. The highest BCUT2D eigenvalue weighted by Gasteiger charge is 2.30. The van der Waals surface area contributed by atoms with Gasteiger partial charge in [-0.2, -0.15) is 0 Å². The third kappa shape index (κ3) is 6.16. The fourth-order valence-electron chi connectivity index (χ4n) is 4.04. The zero-order chi connectivity index (χ0) is 23.1. The standard InChI is InChI=1S/C27H32N2O3/c1-20-12-14-22(15-13-20)21(2)17-25(30)18-23-9-7-8-16-29(27(23)32)19-26(31)28(3)24-10-5-4-6-11-24/h4-6,10-15,17,23H,7-9,16,18-19H2,1-3H3/b21-17+. The molecule has 0 aromatic heterocycles. The number of anilines is 1. The number of carbonyl (C=O) groups is 3. The molecule has 5 nitrogen and oxygen atoms in total. The minimum atomic E-state index is -0.373. The van der Waals surface area contributed by atoms with Crippen molar-refractivity contribution in [3.63, 3.8) is 0 Å². The average Bonchev–Trinajstić information content (AvgIpc) is 2.95. The van der Waals surface area contributed by atoms with Crippen LogP contribution in [-0.4, -0.2) is 42.6 Å². The fourth-order valence-corrected chi connectivity index (χ4v) is 4.04. The van der Waals surface area contributed by atoms with Gasteiger partial charge < -0.3 is 9.80 Å². The van der Waals surface area contributed by atoms with Crippen molar-refractivity contribution in [3.05, 3.63) is 71.8 Å². The second-order valence-corrected chi connectivity index (χ2v) is 8.60. The summed E-state index contributed by atoms with van der Waals surface area (Å²) in [7, 11) is 1.72. The Balaban J connectivity index is 1.64. The molecule has 32 heavy (non-hydrogen) atoms. The predicted molar refractivity (Wildman–Crippen MR) is 128 cm³/mol. The smallest absolute Gasteiger partial charge is 0.246 e. The minimum absolute atomic E-state index is 0.0349. The Bertz CT molecular complexity index is 980. The number of carbonyl (C=O) groups excluding carboxylic acids is 3. The molecule has 1 aliphatic heterocycles. The van der Waals surface area contributed by atoms with Gasteiger partial charge in [-0.25, -0.2) is 0 Å². The van der Waals surface area contributed by atoms with Gasteiger partial charge in [-0.05, 0) is 56.0 Å². The van der Waals surface area contributed by atoms with Gasteiger partial charge in [0.2, 0.25) is 11.8 Å².